The lowest BCUT2D eigenvalue weighted by atomic mass is 9.68. The molecule has 2 rings (SSSR count). The van der Waals surface area contributed by atoms with Gasteiger partial charge in [-0.15, -0.1) is 0 Å². The average molecular weight is 210 g/mol. The van der Waals surface area contributed by atoms with Crippen molar-refractivity contribution < 1.29 is 4.79 Å². The highest BCUT2D eigenvalue weighted by Crippen LogP contribution is 2.40. The number of hydrogen-bond donors (Lipinski definition) is 2. The molecule has 2 fully saturated rings. The number of nitrogens with two attached hydrogens (primary N) is 1. The number of rotatable bonds is 3. The van der Waals surface area contributed by atoms with Crippen molar-refractivity contribution in [3.8, 4) is 0 Å². The third-order valence-corrected chi connectivity index (χ3v) is 4.36. The molecular weight excluding hydrogens is 188 g/mol. The molecule has 0 aromatic heterocycles. The van der Waals surface area contributed by atoms with Crippen molar-refractivity contribution in [2.75, 3.05) is 6.54 Å². The highest BCUT2D eigenvalue weighted by atomic mass is 16.2. The number of carbonyl (C=O) groups excluding carboxylic acids is 1. The summed E-state index contributed by atoms with van der Waals surface area (Å²) in [6, 6.07) is 0.404. The normalized spacial score (nSPS) is 33.5. The quantitative estimate of drug-likeness (QED) is 0.740. The second kappa shape index (κ2) is 4.12. The molecular formula is C12H22N2O. The van der Waals surface area contributed by atoms with Gasteiger partial charge in [-0.25, -0.2) is 0 Å². The van der Waals surface area contributed by atoms with Crippen LogP contribution < -0.4 is 11.1 Å². The molecule has 0 aromatic carbocycles. The van der Waals surface area contributed by atoms with Crippen LogP contribution in [-0.4, -0.2) is 18.5 Å². The fourth-order valence-corrected chi connectivity index (χ4v) is 2.81. The molecule has 0 radical (unpaired) electrons. The second-order valence-electron chi connectivity index (χ2n) is 5.33. The van der Waals surface area contributed by atoms with Crippen LogP contribution in [0.5, 0.6) is 0 Å². The van der Waals surface area contributed by atoms with Crippen LogP contribution in [0.15, 0.2) is 0 Å². The first kappa shape index (κ1) is 10.9. The Hall–Kier alpha value is -0.570. The lowest BCUT2D eigenvalue weighted by molar-refractivity contribution is -0.136. The Labute approximate surface area is 91.8 Å². The molecule has 2 saturated carbocycles. The van der Waals surface area contributed by atoms with E-state index >= 15 is 0 Å². The van der Waals surface area contributed by atoms with Gasteiger partial charge < -0.3 is 11.1 Å². The Morgan fingerprint density at radius 3 is 2.53 bits per heavy atom. The monoisotopic (exact) mass is 210 g/mol. The molecule has 2 aliphatic rings. The van der Waals surface area contributed by atoms with Gasteiger partial charge in [0.25, 0.3) is 0 Å². The molecule has 15 heavy (non-hydrogen) atoms. The van der Waals surface area contributed by atoms with E-state index in [-0.39, 0.29) is 11.3 Å². The smallest absolute Gasteiger partial charge is 0.227 e. The molecule has 2 unspecified atom stereocenters. The van der Waals surface area contributed by atoms with Crippen LogP contribution in [0.1, 0.15) is 45.4 Å². The van der Waals surface area contributed by atoms with Gasteiger partial charge in [0, 0.05) is 12.6 Å². The number of hydrogen-bond acceptors (Lipinski definition) is 2. The van der Waals surface area contributed by atoms with Gasteiger partial charge >= 0.3 is 0 Å². The molecule has 0 saturated heterocycles. The van der Waals surface area contributed by atoms with E-state index in [2.05, 4.69) is 12.2 Å². The summed E-state index contributed by atoms with van der Waals surface area (Å²) in [6.45, 7) is 2.74. The summed E-state index contributed by atoms with van der Waals surface area (Å²) in [6.07, 6.45) is 6.77. The molecule has 3 nitrogen and oxygen atoms in total. The molecule has 2 aliphatic carbocycles. The van der Waals surface area contributed by atoms with E-state index in [9.17, 15) is 4.79 Å². The Balaban J connectivity index is 1.91. The summed E-state index contributed by atoms with van der Waals surface area (Å²) in [7, 11) is 0. The topological polar surface area (TPSA) is 55.1 Å². The molecule has 3 N–H and O–H groups in total. The fourth-order valence-electron chi connectivity index (χ4n) is 2.81. The molecule has 1 amide bonds. The molecule has 0 bridgehead atoms. The highest BCUT2D eigenvalue weighted by molar-refractivity contribution is 5.84. The van der Waals surface area contributed by atoms with Gasteiger partial charge in [-0.3, -0.25) is 4.79 Å². The predicted octanol–water partition coefficient (Wildman–Crippen LogP) is 1.42. The van der Waals surface area contributed by atoms with Crippen LogP contribution in [0.4, 0.5) is 0 Å². The van der Waals surface area contributed by atoms with Crippen LogP contribution in [0.25, 0.3) is 0 Å². The van der Waals surface area contributed by atoms with E-state index in [1.807, 2.05) is 0 Å². The van der Waals surface area contributed by atoms with E-state index in [4.69, 9.17) is 5.73 Å². The first-order valence-corrected chi connectivity index (χ1v) is 6.19. The standard InChI is InChI=1S/C12H22N2O/c1-9-4-2-5-10(9)14-11(15)12(8-13)6-3-7-12/h9-10H,2-8,13H2,1H3,(H,14,15). The van der Waals surface area contributed by atoms with E-state index < -0.39 is 0 Å². The van der Waals surface area contributed by atoms with Gasteiger partial charge in [-0.1, -0.05) is 19.8 Å². The van der Waals surface area contributed by atoms with Crippen molar-refractivity contribution >= 4 is 5.91 Å². The van der Waals surface area contributed by atoms with Crippen LogP contribution in [0, 0.1) is 11.3 Å². The lowest BCUT2D eigenvalue weighted by Gasteiger charge is -2.40. The van der Waals surface area contributed by atoms with Crippen molar-refractivity contribution in [3.05, 3.63) is 0 Å². The zero-order chi connectivity index (χ0) is 10.9. The van der Waals surface area contributed by atoms with E-state index in [0.29, 0.717) is 18.5 Å². The first-order chi connectivity index (χ1) is 7.18. The summed E-state index contributed by atoms with van der Waals surface area (Å²) >= 11 is 0. The molecule has 2 atom stereocenters. The Morgan fingerprint density at radius 2 is 2.13 bits per heavy atom. The summed E-state index contributed by atoms with van der Waals surface area (Å²) < 4.78 is 0. The van der Waals surface area contributed by atoms with E-state index in [1.165, 1.54) is 12.8 Å². The van der Waals surface area contributed by atoms with Gasteiger partial charge in [0.05, 0.1) is 5.41 Å². The summed E-state index contributed by atoms with van der Waals surface area (Å²) in [5, 5.41) is 3.20. The van der Waals surface area contributed by atoms with Crippen LogP contribution >= 0.6 is 0 Å². The molecule has 0 heterocycles. The fraction of sp³-hybridized carbons (Fsp3) is 0.917. The first-order valence-electron chi connectivity index (χ1n) is 6.19. The van der Waals surface area contributed by atoms with Gasteiger partial charge in [0.15, 0.2) is 0 Å². The molecule has 0 spiro atoms. The van der Waals surface area contributed by atoms with Crippen molar-refractivity contribution in [2.24, 2.45) is 17.1 Å². The lowest BCUT2D eigenvalue weighted by Crippen LogP contribution is -2.53. The third-order valence-electron chi connectivity index (χ3n) is 4.36. The SMILES string of the molecule is CC1CCCC1NC(=O)C1(CN)CCC1. The maximum Gasteiger partial charge on any atom is 0.227 e. The number of carbonyl (C=O) groups is 1. The van der Waals surface area contributed by atoms with Crippen molar-refractivity contribution in [2.45, 2.75) is 51.5 Å². The predicted molar refractivity (Wildman–Crippen MR) is 60.3 cm³/mol. The second-order valence-corrected chi connectivity index (χ2v) is 5.33. The Bertz CT molecular complexity index is 242. The minimum absolute atomic E-state index is 0.206. The minimum Gasteiger partial charge on any atom is -0.353 e. The van der Waals surface area contributed by atoms with Crippen molar-refractivity contribution in [1.82, 2.24) is 5.32 Å². The summed E-state index contributed by atoms with van der Waals surface area (Å²) in [4.78, 5) is 12.1. The summed E-state index contributed by atoms with van der Waals surface area (Å²) in [5.41, 5.74) is 5.51. The Kier molecular flexibility index (Phi) is 3.01. The number of nitrogens with one attached hydrogen (secondary N) is 1. The third kappa shape index (κ3) is 1.89. The zero-order valence-corrected chi connectivity index (χ0v) is 9.59. The van der Waals surface area contributed by atoms with E-state index in [0.717, 1.165) is 25.7 Å². The average Bonchev–Trinajstić information content (AvgIpc) is 2.51. The zero-order valence-electron chi connectivity index (χ0n) is 9.59. The van der Waals surface area contributed by atoms with Gasteiger partial charge in [0.2, 0.25) is 5.91 Å². The number of amides is 1. The molecule has 3 heteroatoms. The van der Waals surface area contributed by atoms with Gasteiger partial charge in [-0.05, 0) is 31.6 Å². The molecule has 86 valence electrons. The van der Waals surface area contributed by atoms with Crippen molar-refractivity contribution in [1.29, 1.82) is 0 Å². The maximum absolute atomic E-state index is 12.1. The van der Waals surface area contributed by atoms with Crippen LogP contribution in [0.3, 0.4) is 0 Å². The largest absolute Gasteiger partial charge is 0.353 e. The van der Waals surface area contributed by atoms with Crippen LogP contribution in [0.2, 0.25) is 0 Å². The van der Waals surface area contributed by atoms with Gasteiger partial charge in [0.1, 0.15) is 0 Å². The van der Waals surface area contributed by atoms with Crippen LogP contribution in [-0.2, 0) is 4.79 Å². The molecule has 0 aromatic rings. The highest BCUT2D eigenvalue weighted by Gasteiger charge is 2.43. The summed E-state index contributed by atoms with van der Waals surface area (Å²) in [5.74, 6) is 0.860. The van der Waals surface area contributed by atoms with Crippen molar-refractivity contribution in [3.63, 3.8) is 0 Å². The molecule has 0 aliphatic heterocycles. The maximum atomic E-state index is 12.1. The van der Waals surface area contributed by atoms with Gasteiger partial charge in [-0.2, -0.15) is 0 Å². The van der Waals surface area contributed by atoms with E-state index in [1.54, 1.807) is 0 Å². The Morgan fingerprint density at radius 1 is 1.40 bits per heavy atom. The minimum atomic E-state index is -0.206.